The normalized spacial score (nSPS) is 11.7. The number of hydrogen-bond acceptors (Lipinski definition) is 5. The van der Waals surface area contributed by atoms with Crippen LogP contribution in [-0.2, 0) is 9.53 Å². The summed E-state index contributed by atoms with van der Waals surface area (Å²) in [7, 11) is 0. The molecule has 4 aromatic rings. The molecule has 4 rings (SSSR count). The van der Waals surface area contributed by atoms with Crippen LogP contribution in [0, 0.1) is 0 Å². The van der Waals surface area contributed by atoms with E-state index in [-0.39, 0.29) is 28.3 Å². The van der Waals surface area contributed by atoms with Gasteiger partial charge in [0.25, 0.3) is 5.91 Å². The number of aromatic carboxylic acids is 1. The third kappa shape index (κ3) is 4.77. The predicted octanol–water partition coefficient (Wildman–Crippen LogP) is 5.16. The van der Waals surface area contributed by atoms with E-state index in [1.54, 1.807) is 31.2 Å². The van der Waals surface area contributed by atoms with Crippen molar-refractivity contribution in [3.8, 4) is 11.4 Å². The molecule has 0 saturated heterocycles. The number of anilines is 1. The number of fused-ring (bicyclic) bond motifs is 1. The Bertz CT molecular complexity index is 1370. The number of para-hydroxylation sites is 2. The largest absolute Gasteiger partial charge is 0.478 e. The van der Waals surface area contributed by atoms with Gasteiger partial charge in [-0.2, -0.15) is 0 Å². The minimum absolute atomic E-state index is 0.0375. The van der Waals surface area contributed by atoms with Crippen LogP contribution in [0.2, 0.25) is 5.02 Å². The topological polar surface area (TPSA) is 121 Å². The molecule has 0 radical (unpaired) electrons. The van der Waals surface area contributed by atoms with Crippen LogP contribution in [0.5, 0.6) is 0 Å². The highest BCUT2D eigenvalue weighted by atomic mass is 35.5. The van der Waals surface area contributed by atoms with E-state index in [2.05, 4.69) is 15.3 Å². The van der Waals surface area contributed by atoms with Crippen molar-refractivity contribution in [1.82, 2.24) is 9.97 Å². The number of amides is 1. The lowest BCUT2D eigenvalue weighted by Crippen LogP contribution is -2.32. The molecular formula is C25H20ClN3O5. The summed E-state index contributed by atoms with van der Waals surface area (Å²) in [5, 5.41) is 11.9. The number of carbonyl (C=O) groups excluding carboxylic acids is 2. The number of hydrogen-bond donors (Lipinski definition) is 3. The first kappa shape index (κ1) is 23.0. The SMILES string of the molecule is CCC(OC(=O)c1ccccc1-c1nc2ccccc2[nH]1)C(=O)Nc1cc(C(=O)O)ccc1Cl. The number of imidazole rings is 1. The van der Waals surface area contributed by atoms with Crippen molar-refractivity contribution in [3.05, 3.63) is 82.9 Å². The summed E-state index contributed by atoms with van der Waals surface area (Å²) >= 11 is 6.09. The number of rotatable bonds is 7. The molecule has 172 valence electrons. The van der Waals surface area contributed by atoms with E-state index < -0.39 is 23.9 Å². The van der Waals surface area contributed by atoms with Crippen molar-refractivity contribution < 1.29 is 24.2 Å². The molecule has 0 saturated carbocycles. The molecule has 0 fully saturated rings. The third-order valence-corrected chi connectivity index (χ3v) is 5.50. The molecule has 3 aromatic carbocycles. The molecular weight excluding hydrogens is 458 g/mol. The monoisotopic (exact) mass is 477 g/mol. The smallest absolute Gasteiger partial charge is 0.339 e. The summed E-state index contributed by atoms with van der Waals surface area (Å²) in [6.45, 7) is 1.69. The van der Waals surface area contributed by atoms with Gasteiger partial charge < -0.3 is 20.1 Å². The van der Waals surface area contributed by atoms with Crippen molar-refractivity contribution in [3.63, 3.8) is 0 Å². The highest BCUT2D eigenvalue weighted by molar-refractivity contribution is 6.34. The van der Waals surface area contributed by atoms with Gasteiger partial charge in [-0.3, -0.25) is 4.79 Å². The third-order valence-electron chi connectivity index (χ3n) is 5.18. The highest BCUT2D eigenvalue weighted by Gasteiger charge is 2.25. The Kier molecular flexibility index (Phi) is 6.60. The number of H-pyrrole nitrogens is 1. The van der Waals surface area contributed by atoms with Gasteiger partial charge in [-0.15, -0.1) is 0 Å². The quantitative estimate of drug-likeness (QED) is 0.316. The van der Waals surface area contributed by atoms with Crippen molar-refractivity contribution in [2.24, 2.45) is 0 Å². The van der Waals surface area contributed by atoms with E-state index in [0.29, 0.717) is 11.4 Å². The molecule has 0 aliphatic heterocycles. The van der Waals surface area contributed by atoms with E-state index in [9.17, 15) is 14.4 Å². The zero-order chi connectivity index (χ0) is 24.2. The van der Waals surface area contributed by atoms with Gasteiger partial charge in [-0.1, -0.05) is 48.9 Å². The molecule has 8 nitrogen and oxygen atoms in total. The molecule has 0 aliphatic carbocycles. The van der Waals surface area contributed by atoms with Crippen molar-refractivity contribution >= 4 is 46.2 Å². The van der Waals surface area contributed by atoms with Crippen molar-refractivity contribution in [2.45, 2.75) is 19.4 Å². The number of ether oxygens (including phenoxy) is 1. The van der Waals surface area contributed by atoms with Gasteiger partial charge >= 0.3 is 11.9 Å². The summed E-state index contributed by atoms with van der Waals surface area (Å²) in [5.41, 5.74) is 2.45. The molecule has 1 aromatic heterocycles. The fourth-order valence-electron chi connectivity index (χ4n) is 3.43. The lowest BCUT2D eigenvalue weighted by molar-refractivity contribution is -0.124. The standard InChI is InChI=1S/C25H20ClN3O5/c1-2-21(23(30)29-20-13-14(24(31)32)11-12-17(20)26)34-25(33)16-8-4-3-7-15(16)22-27-18-9-5-6-10-19(18)28-22/h3-13,21H,2H2,1H3,(H,27,28)(H,29,30)(H,31,32). The second-order valence-corrected chi connectivity index (χ2v) is 7.85. The zero-order valence-corrected chi connectivity index (χ0v) is 18.8. The van der Waals surface area contributed by atoms with Crippen LogP contribution >= 0.6 is 11.6 Å². The van der Waals surface area contributed by atoms with Gasteiger partial charge in [0.1, 0.15) is 5.82 Å². The van der Waals surface area contributed by atoms with Crippen LogP contribution in [0.3, 0.4) is 0 Å². The number of benzene rings is 3. The highest BCUT2D eigenvalue weighted by Crippen LogP contribution is 2.26. The number of nitrogens with zero attached hydrogens (tertiary/aromatic N) is 1. The van der Waals surface area contributed by atoms with Crippen LogP contribution in [0.4, 0.5) is 5.69 Å². The zero-order valence-electron chi connectivity index (χ0n) is 18.0. The summed E-state index contributed by atoms with van der Waals surface area (Å²) in [6, 6.07) is 18.3. The maximum atomic E-state index is 13.0. The molecule has 0 spiro atoms. The van der Waals surface area contributed by atoms with Crippen LogP contribution in [0.1, 0.15) is 34.1 Å². The van der Waals surface area contributed by atoms with Crippen molar-refractivity contribution in [1.29, 1.82) is 0 Å². The number of halogens is 1. The average molecular weight is 478 g/mol. The number of aromatic nitrogens is 2. The fraction of sp³-hybridized carbons (Fsp3) is 0.120. The average Bonchev–Trinajstić information content (AvgIpc) is 3.27. The van der Waals surface area contributed by atoms with E-state index in [1.807, 2.05) is 24.3 Å². The first-order valence-electron chi connectivity index (χ1n) is 10.5. The predicted molar refractivity (Wildman–Crippen MR) is 128 cm³/mol. The van der Waals surface area contributed by atoms with E-state index >= 15 is 0 Å². The first-order chi connectivity index (χ1) is 16.4. The van der Waals surface area contributed by atoms with E-state index in [1.165, 1.54) is 18.2 Å². The number of carboxylic acid groups (broad SMARTS) is 1. The summed E-state index contributed by atoms with van der Waals surface area (Å²) < 4.78 is 5.52. The first-order valence-corrected chi connectivity index (χ1v) is 10.8. The fourth-order valence-corrected chi connectivity index (χ4v) is 3.60. The number of esters is 1. The summed E-state index contributed by atoms with van der Waals surface area (Å²) in [6.07, 6.45) is -0.929. The van der Waals surface area contributed by atoms with Gasteiger partial charge in [-0.05, 0) is 42.8 Å². The Labute approximate surface area is 199 Å². The Morgan fingerprint density at radius 3 is 2.56 bits per heavy atom. The minimum Gasteiger partial charge on any atom is -0.478 e. The van der Waals surface area contributed by atoms with Gasteiger partial charge in [0.2, 0.25) is 0 Å². The lowest BCUT2D eigenvalue weighted by atomic mass is 10.1. The number of carbonyl (C=O) groups is 3. The van der Waals surface area contributed by atoms with Crippen LogP contribution in [0.25, 0.3) is 22.4 Å². The maximum absolute atomic E-state index is 13.0. The second kappa shape index (κ2) is 9.76. The van der Waals surface area contributed by atoms with Gasteiger partial charge in [0.15, 0.2) is 6.10 Å². The Morgan fingerprint density at radius 1 is 1.09 bits per heavy atom. The number of nitrogens with one attached hydrogen (secondary N) is 2. The van der Waals surface area contributed by atoms with Gasteiger partial charge in [0, 0.05) is 5.56 Å². The maximum Gasteiger partial charge on any atom is 0.339 e. The Morgan fingerprint density at radius 2 is 1.82 bits per heavy atom. The van der Waals surface area contributed by atoms with Crippen molar-refractivity contribution in [2.75, 3.05) is 5.32 Å². The van der Waals surface area contributed by atoms with Crippen LogP contribution in [-0.4, -0.2) is 39.0 Å². The molecule has 1 amide bonds. The summed E-state index contributed by atoms with van der Waals surface area (Å²) in [4.78, 5) is 44.8. The number of carboxylic acids is 1. The van der Waals surface area contributed by atoms with Gasteiger partial charge in [-0.25, -0.2) is 14.6 Å². The Balaban J connectivity index is 1.56. The van der Waals surface area contributed by atoms with E-state index in [0.717, 1.165) is 11.0 Å². The molecule has 1 heterocycles. The van der Waals surface area contributed by atoms with Gasteiger partial charge in [0.05, 0.1) is 32.9 Å². The second-order valence-electron chi connectivity index (χ2n) is 7.44. The minimum atomic E-state index is -1.16. The lowest BCUT2D eigenvalue weighted by Gasteiger charge is -2.17. The van der Waals surface area contributed by atoms with Crippen LogP contribution < -0.4 is 5.32 Å². The Hall–Kier alpha value is -4.17. The molecule has 34 heavy (non-hydrogen) atoms. The number of aromatic amines is 1. The molecule has 1 unspecified atom stereocenters. The molecule has 0 aliphatic rings. The molecule has 9 heteroatoms. The molecule has 0 bridgehead atoms. The summed E-state index contributed by atoms with van der Waals surface area (Å²) in [5.74, 6) is -1.97. The van der Waals surface area contributed by atoms with E-state index in [4.69, 9.17) is 21.4 Å². The molecule has 3 N–H and O–H groups in total. The molecule has 1 atom stereocenters. The van der Waals surface area contributed by atoms with Crippen LogP contribution in [0.15, 0.2) is 66.7 Å².